The molecule has 2 unspecified atom stereocenters. The number of hydrogen-bond donors (Lipinski definition) is 1. The Kier molecular flexibility index (Phi) is 4.08. The summed E-state index contributed by atoms with van der Waals surface area (Å²) in [7, 11) is 0. The van der Waals surface area contributed by atoms with E-state index in [0.717, 1.165) is 13.1 Å². The van der Waals surface area contributed by atoms with Gasteiger partial charge in [0.15, 0.2) is 0 Å². The summed E-state index contributed by atoms with van der Waals surface area (Å²) in [5.41, 5.74) is 1.21. The number of hydrogen-bond acceptors (Lipinski definition) is 4. The predicted octanol–water partition coefficient (Wildman–Crippen LogP) is 1.46. The molecule has 0 saturated carbocycles. The van der Waals surface area contributed by atoms with Crippen molar-refractivity contribution < 1.29 is 14.6 Å². The van der Waals surface area contributed by atoms with Crippen molar-refractivity contribution in [3.63, 3.8) is 0 Å². The average Bonchev–Trinajstić information content (AvgIpc) is 2.44. The Labute approximate surface area is 120 Å². The highest BCUT2D eigenvalue weighted by atomic mass is 16.5. The third kappa shape index (κ3) is 2.74. The molecule has 2 aliphatic rings. The van der Waals surface area contributed by atoms with Crippen LogP contribution >= 0.6 is 0 Å². The standard InChI is InChI=1S/C16H23NO3/c1-13-7-17(9-16(10-18)11-19-12-16)15(8-20-13)14-5-3-2-4-6-14/h2-6,13,15,18H,7-12H2,1H3. The zero-order valence-electron chi connectivity index (χ0n) is 12.0. The summed E-state index contributed by atoms with van der Waals surface area (Å²) in [6.07, 6.45) is 0.242. The molecule has 2 atom stereocenters. The fraction of sp³-hybridized carbons (Fsp3) is 0.625. The van der Waals surface area contributed by atoms with Gasteiger partial charge >= 0.3 is 0 Å². The van der Waals surface area contributed by atoms with Crippen LogP contribution in [0.15, 0.2) is 30.3 Å². The molecule has 1 aromatic rings. The van der Waals surface area contributed by atoms with E-state index in [2.05, 4.69) is 36.1 Å². The second kappa shape index (κ2) is 5.82. The van der Waals surface area contributed by atoms with Crippen LogP contribution in [0, 0.1) is 5.41 Å². The topological polar surface area (TPSA) is 41.9 Å². The molecule has 0 aromatic heterocycles. The Morgan fingerprint density at radius 2 is 2.05 bits per heavy atom. The van der Waals surface area contributed by atoms with Crippen LogP contribution in [0.2, 0.25) is 0 Å². The fourth-order valence-corrected chi connectivity index (χ4v) is 3.08. The molecule has 0 amide bonds. The van der Waals surface area contributed by atoms with Crippen molar-refractivity contribution in [3.8, 4) is 0 Å². The second-order valence-corrected chi connectivity index (χ2v) is 6.15. The van der Waals surface area contributed by atoms with Crippen LogP contribution in [0.5, 0.6) is 0 Å². The van der Waals surface area contributed by atoms with Crippen molar-refractivity contribution in [2.45, 2.75) is 19.1 Å². The van der Waals surface area contributed by atoms with Crippen LogP contribution in [0.25, 0.3) is 0 Å². The van der Waals surface area contributed by atoms with E-state index < -0.39 is 0 Å². The molecule has 1 N–H and O–H groups in total. The maximum absolute atomic E-state index is 9.65. The molecule has 4 nitrogen and oxygen atoms in total. The summed E-state index contributed by atoms with van der Waals surface area (Å²) in [5.74, 6) is 0. The van der Waals surface area contributed by atoms with Crippen LogP contribution in [0.4, 0.5) is 0 Å². The summed E-state index contributed by atoms with van der Waals surface area (Å²) in [5, 5.41) is 9.65. The fourth-order valence-electron chi connectivity index (χ4n) is 3.08. The first kappa shape index (κ1) is 14.0. The van der Waals surface area contributed by atoms with E-state index in [9.17, 15) is 5.11 Å². The highest BCUT2D eigenvalue weighted by Gasteiger charge is 2.42. The largest absolute Gasteiger partial charge is 0.396 e. The van der Waals surface area contributed by atoms with Crippen LogP contribution < -0.4 is 0 Å². The van der Waals surface area contributed by atoms with E-state index in [1.807, 2.05) is 6.07 Å². The minimum atomic E-state index is -0.0793. The molecule has 2 fully saturated rings. The molecular weight excluding hydrogens is 254 g/mol. The Bertz CT molecular complexity index is 427. The highest BCUT2D eigenvalue weighted by molar-refractivity contribution is 5.20. The molecule has 0 bridgehead atoms. The van der Waals surface area contributed by atoms with Gasteiger partial charge in [0.25, 0.3) is 0 Å². The van der Waals surface area contributed by atoms with Gasteiger partial charge in [-0.2, -0.15) is 0 Å². The molecule has 0 aliphatic carbocycles. The Morgan fingerprint density at radius 1 is 1.30 bits per heavy atom. The lowest BCUT2D eigenvalue weighted by Gasteiger charge is -2.47. The Morgan fingerprint density at radius 3 is 2.65 bits per heavy atom. The monoisotopic (exact) mass is 277 g/mol. The van der Waals surface area contributed by atoms with Crippen LogP contribution in [0.1, 0.15) is 18.5 Å². The lowest BCUT2D eigenvalue weighted by molar-refractivity contribution is -0.166. The third-order valence-electron chi connectivity index (χ3n) is 4.35. The van der Waals surface area contributed by atoms with Gasteiger partial charge in [0.2, 0.25) is 0 Å². The molecule has 3 rings (SSSR count). The first-order valence-corrected chi connectivity index (χ1v) is 7.32. The molecule has 110 valence electrons. The molecule has 2 saturated heterocycles. The minimum absolute atomic E-state index is 0.0793. The van der Waals surface area contributed by atoms with Crippen molar-refractivity contribution in [3.05, 3.63) is 35.9 Å². The minimum Gasteiger partial charge on any atom is -0.396 e. The first-order valence-electron chi connectivity index (χ1n) is 7.32. The average molecular weight is 277 g/mol. The number of rotatable bonds is 4. The van der Waals surface area contributed by atoms with Gasteiger partial charge in [-0.05, 0) is 12.5 Å². The maximum Gasteiger partial charge on any atom is 0.0675 e. The molecule has 4 heteroatoms. The van der Waals surface area contributed by atoms with E-state index in [-0.39, 0.29) is 24.2 Å². The zero-order valence-corrected chi connectivity index (χ0v) is 12.0. The van der Waals surface area contributed by atoms with Gasteiger partial charge in [0, 0.05) is 13.1 Å². The molecule has 1 aromatic carbocycles. The molecule has 0 radical (unpaired) electrons. The van der Waals surface area contributed by atoms with Crippen molar-refractivity contribution in [1.82, 2.24) is 4.90 Å². The maximum atomic E-state index is 9.65. The Hall–Kier alpha value is -0.940. The first-order chi connectivity index (χ1) is 9.72. The van der Waals surface area contributed by atoms with Crippen molar-refractivity contribution in [2.24, 2.45) is 5.41 Å². The van der Waals surface area contributed by atoms with Gasteiger partial charge in [0.05, 0.1) is 44.0 Å². The van der Waals surface area contributed by atoms with Gasteiger partial charge in [-0.1, -0.05) is 30.3 Å². The molecule has 0 spiro atoms. The molecule has 2 heterocycles. The van der Waals surface area contributed by atoms with E-state index in [1.54, 1.807) is 0 Å². The highest BCUT2D eigenvalue weighted by Crippen LogP contribution is 2.33. The van der Waals surface area contributed by atoms with E-state index in [4.69, 9.17) is 9.47 Å². The van der Waals surface area contributed by atoms with Gasteiger partial charge in [-0.25, -0.2) is 0 Å². The number of nitrogens with zero attached hydrogens (tertiary/aromatic N) is 1. The number of aliphatic hydroxyl groups excluding tert-OH is 1. The lowest BCUT2D eigenvalue weighted by Crippen LogP contribution is -2.56. The molecular formula is C16H23NO3. The normalized spacial score (nSPS) is 29.9. The lowest BCUT2D eigenvalue weighted by atomic mass is 9.85. The summed E-state index contributed by atoms with van der Waals surface area (Å²) >= 11 is 0. The third-order valence-corrected chi connectivity index (χ3v) is 4.35. The smallest absolute Gasteiger partial charge is 0.0675 e. The number of morpholine rings is 1. The zero-order chi connectivity index (χ0) is 14.0. The summed E-state index contributed by atoms with van der Waals surface area (Å²) in [4.78, 5) is 2.45. The summed E-state index contributed by atoms with van der Waals surface area (Å²) < 4.78 is 11.2. The van der Waals surface area contributed by atoms with Gasteiger partial charge in [-0.3, -0.25) is 4.90 Å². The second-order valence-electron chi connectivity index (χ2n) is 6.15. The van der Waals surface area contributed by atoms with Crippen LogP contribution in [0.3, 0.4) is 0 Å². The quantitative estimate of drug-likeness (QED) is 0.904. The van der Waals surface area contributed by atoms with Gasteiger partial charge < -0.3 is 14.6 Å². The van der Waals surface area contributed by atoms with E-state index in [1.165, 1.54) is 5.56 Å². The van der Waals surface area contributed by atoms with Crippen molar-refractivity contribution in [2.75, 3.05) is 39.5 Å². The van der Waals surface area contributed by atoms with Gasteiger partial charge in [0.1, 0.15) is 0 Å². The summed E-state index contributed by atoms with van der Waals surface area (Å²) in [6.45, 7) is 6.12. The summed E-state index contributed by atoms with van der Waals surface area (Å²) in [6, 6.07) is 10.8. The van der Waals surface area contributed by atoms with Crippen molar-refractivity contribution >= 4 is 0 Å². The number of ether oxygens (including phenoxy) is 2. The number of aliphatic hydroxyl groups is 1. The molecule has 2 aliphatic heterocycles. The van der Waals surface area contributed by atoms with Crippen LogP contribution in [-0.4, -0.2) is 55.6 Å². The van der Waals surface area contributed by atoms with Crippen LogP contribution in [-0.2, 0) is 9.47 Å². The Balaban J connectivity index is 1.77. The van der Waals surface area contributed by atoms with E-state index >= 15 is 0 Å². The molecule has 20 heavy (non-hydrogen) atoms. The van der Waals surface area contributed by atoms with E-state index in [0.29, 0.717) is 19.8 Å². The SMILES string of the molecule is CC1CN(CC2(CO)COC2)C(c2ccccc2)CO1. The predicted molar refractivity (Wildman–Crippen MR) is 76.5 cm³/mol. The van der Waals surface area contributed by atoms with Crippen molar-refractivity contribution in [1.29, 1.82) is 0 Å². The number of benzene rings is 1. The van der Waals surface area contributed by atoms with Gasteiger partial charge in [-0.15, -0.1) is 0 Å².